The molecule has 8 heteroatoms. The SMILES string of the molecule is COc1ccc(N2C(=O)C(=O)/C(=C(/O)c3ccc(OCC(C)C)c(C)c3)C2c2ccc(O)cc2)cc1Cl. The van der Waals surface area contributed by atoms with E-state index >= 15 is 0 Å². The van der Waals surface area contributed by atoms with Crippen LogP contribution in [0, 0.1) is 12.8 Å². The molecule has 0 spiro atoms. The lowest BCUT2D eigenvalue weighted by molar-refractivity contribution is -0.132. The van der Waals surface area contributed by atoms with Gasteiger partial charge >= 0.3 is 0 Å². The highest BCUT2D eigenvalue weighted by atomic mass is 35.5. The molecule has 0 aromatic heterocycles. The molecule has 4 rings (SSSR count). The number of hydrogen-bond acceptors (Lipinski definition) is 6. The zero-order valence-corrected chi connectivity index (χ0v) is 21.7. The normalized spacial score (nSPS) is 16.9. The zero-order valence-electron chi connectivity index (χ0n) is 21.0. The van der Waals surface area contributed by atoms with E-state index in [1.54, 1.807) is 42.5 Å². The van der Waals surface area contributed by atoms with Crippen LogP contribution in [0.3, 0.4) is 0 Å². The first-order valence-corrected chi connectivity index (χ1v) is 12.2. The number of aliphatic hydroxyl groups is 1. The summed E-state index contributed by atoms with van der Waals surface area (Å²) in [5, 5.41) is 21.5. The van der Waals surface area contributed by atoms with E-state index in [4.69, 9.17) is 21.1 Å². The highest BCUT2D eigenvalue weighted by Crippen LogP contribution is 2.44. The maximum Gasteiger partial charge on any atom is 0.300 e. The molecule has 0 saturated carbocycles. The number of amides is 1. The third-order valence-corrected chi connectivity index (χ3v) is 6.38. The summed E-state index contributed by atoms with van der Waals surface area (Å²) in [5.41, 5.74) is 1.97. The van der Waals surface area contributed by atoms with Crippen LogP contribution in [-0.2, 0) is 9.59 Å². The van der Waals surface area contributed by atoms with Gasteiger partial charge in [0.25, 0.3) is 11.7 Å². The topological polar surface area (TPSA) is 96.3 Å². The predicted molar refractivity (Wildman–Crippen MR) is 142 cm³/mol. The fourth-order valence-electron chi connectivity index (χ4n) is 4.25. The number of carbonyl (C=O) groups excluding carboxylic acids is 2. The Balaban J connectivity index is 1.85. The molecule has 0 radical (unpaired) electrons. The second-order valence-electron chi connectivity index (χ2n) is 9.26. The Hall–Kier alpha value is -3.97. The molecule has 1 atom stereocenters. The number of anilines is 1. The van der Waals surface area contributed by atoms with Gasteiger partial charge in [0.2, 0.25) is 0 Å². The van der Waals surface area contributed by atoms with Gasteiger partial charge in [0, 0.05) is 11.3 Å². The number of halogens is 1. The molecule has 1 saturated heterocycles. The van der Waals surface area contributed by atoms with Crippen LogP contribution < -0.4 is 14.4 Å². The Morgan fingerprint density at radius 3 is 2.30 bits per heavy atom. The summed E-state index contributed by atoms with van der Waals surface area (Å²) in [5.74, 6) is -0.486. The van der Waals surface area contributed by atoms with Crippen molar-refractivity contribution < 1.29 is 29.3 Å². The summed E-state index contributed by atoms with van der Waals surface area (Å²) in [7, 11) is 1.48. The minimum Gasteiger partial charge on any atom is -0.508 e. The van der Waals surface area contributed by atoms with Crippen molar-refractivity contribution in [1.29, 1.82) is 0 Å². The van der Waals surface area contributed by atoms with Crippen LogP contribution in [0.25, 0.3) is 5.76 Å². The number of carbonyl (C=O) groups is 2. The van der Waals surface area contributed by atoms with Crippen LogP contribution in [-0.4, -0.2) is 35.6 Å². The van der Waals surface area contributed by atoms with Gasteiger partial charge in [-0.3, -0.25) is 14.5 Å². The molecule has 3 aromatic carbocycles. The van der Waals surface area contributed by atoms with Gasteiger partial charge in [0.05, 0.1) is 30.4 Å². The average Bonchev–Trinajstić information content (AvgIpc) is 3.13. The number of phenols is 1. The van der Waals surface area contributed by atoms with Gasteiger partial charge in [-0.25, -0.2) is 0 Å². The molecule has 7 nitrogen and oxygen atoms in total. The second-order valence-corrected chi connectivity index (χ2v) is 9.67. The van der Waals surface area contributed by atoms with Gasteiger partial charge in [-0.2, -0.15) is 0 Å². The van der Waals surface area contributed by atoms with E-state index in [1.165, 1.54) is 30.2 Å². The molecule has 3 aromatic rings. The highest BCUT2D eigenvalue weighted by molar-refractivity contribution is 6.51. The lowest BCUT2D eigenvalue weighted by Crippen LogP contribution is -2.29. The van der Waals surface area contributed by atoms with Crippen molar-refractivity contribution in [2.24, 2.45) is 5.92 Å². The van der Waals surface area contributed by atoms with Crippen molar-refractivity contribution in [3.05, 3.63) is 87.9 Å². The number of ether oxygens (including phenoxy) is 2. The number of ketones is 1. The molecular weight excluding hydrogens is 494 g/mol. The van der Waals surface area contributed by atoms with Crippen molar-refractivity contribution >= 4 is 34.7 Å². The van der Waals surface area contributed by atoms with Crippen LogP contribution >= 0.6 is 11.6 Å². The van der Waals surface area contributed by atoms with E-state index < -0.39 is 17.7 Å². The van der Waals surface area contributed by atoms with Crippen molar-refractivity contribution in [2.75, 3.05) is 18.6 Å². The third-order valence-electron chi connectivity index (χ3n) is 6.09. The van der Waals surface area contributed by atoms with Crippen LogP contribution in [0.15, 0.2) is 66.2 Å². The van der Waals surface area contributed by atoms with Crippen molar-refractivity contribution in [1.82, 2.24) is 0 Å². The third kappa shape index (κ3) is 5.13. The van der Waals surface area contributed by atoms with Gasteiger partial charge in [0.1, 0.15) is 23.0 Å². The number of nitrogens with zero attached hydrogens (tertiary/aromatic N) is 1. The molecule has 37 heavy (non-hydrogen) atoms. The van der Waals surface area contributed by atoms with E-state index in [0.29, 0.717) is 40.8 Å². The highest BCUT2D eigenvalue weighted by Gasteiger charge is 2.47. The Kier molecular flexibility index (Phi) is 7.45. The molecule has 0 aliphatic carbocycles. The number of hydrogen-bond donors (Lipinski definition) is 2. The molecule has 1 heterocycles. The van der Waals surface area contributed by atoms with Crippen molar-refractivity contribution in [2.45, 2.75) is 26.8 Å². The molecule has 192 valence electrons. The number of aromatic hydroxyl groups is 1. The van der Waals surface area contributed by atoms with E-state index in [1.807, 2.05) is 20.8 Å². The number of phenolic OH excluding ortho intramolecular Hbond substituents is 1. The first-order chi connectivity index (χ1) is 17.6. The molecule has 1 unspecified atom stereocenters. The number of aliphatic hydroxyl groups excluding tert-OH is 1. The fourth-order valence-corrected chi connectivity index (χ4v) is 4.50. The quantitative estimate of drug-likeness (QED) is 0.224. The minimum absolute atomic E-state index is 0.0285. The Morgan fingerprint density at radius 1 is 1.03 bits per heavy atom. The van der Waals surface area contributed by atoms with E-state index in [-0.39, 0.29) is 22.1 Å². The summed E-state index contributed by atoms with van der Waals surface area (Å²) in [6.45, 7) is 6.49. The molecule has 1 aliphatic heterocycles. The predicted octanol–water partition coefficient (Wildman–Crippen LogP) is 6.02. The molecule has 0 bridgehead atoms. The molecular formula is C29H28ClNO6. The number of aryl methyl sites for hydroxylation is 1. The average molecular weight is 522 g/mol. The lowest BCUT2D eigenvalue weighted by atomic mass is 9.94. The standard InChI is InChI=1S/C29H28ClNO6/c1-16(2)15-37-23-11-7-19(13-17(23)3)27(33)25-26(18-5-9-21(32)10-6-18)31(29(35)28(25)34)20-8-12-24(36-4)22(30)14-20/h5-14,16,26,32-33H,15H2,1-4H3/b27-25+. The maximum absolute atomic E-state index is 13.4. The van der Waals surface area contributed by atoms with Crippen molar-refractivity contribution in [3.8, 4) is 17.2 Å². The van der Waals surface area contributed by atoms with E-state index in [2.05, 4.69) is 0 Å². The first kappa shape index (κ1) is 26.1. The van der Waals surface area contributed by atoms with Crippen molar-refractivity contribution in [3.63, 3.8) is 0 Å². The number of Topliss-reactive ketones (excluding diaryl/α,β-unsaturated/α-hetero) is 1. The van der Waals surface area contributed by atoms with Crippen LogP contribution in [0.1, 0.15) is 36.6 Å². The summed E-state index contributed by atoms with van der Waals surface area (Å²) in [4.78, 5) is 28.0. The summed E-state index contributed by atoms with van der Waals surface area (Å²) >= 11 is 6.32. The summed E-state index contributed by atoms with van der Waals surface area (Å²) in [6, 6.07) is 15.0. The largest absolute Gasteiger partial charge is 0.508 e. The number of methoxy groups -OCH3 is 1. The minimum atomic E-state index is -0.956. The fraction of sp³-hybridized carbons (Fsp3) is 0.241. The lowest BCUT2D eigenvalue weighted by Gasteiger charge is -2.26. The van der Waals surface area contributed by atoms with Crippen LogP contribution in [0.4, 0.5) is 5.69 Å². The maximum atomic E-state index is 13.4. The number of rotatable bonds is 7. The Bertz CT molecular complexity index is 1380. The van der Waals surface area contributed by atoms with Gasteiger partial charge in [0.15, 0.2) is 0 Å². The molecule has 2 N–H and O–H groups in total. The summed E-state index contributed by atoms with van der Waals surface area (Å²) < 4.78 is 11.0. The van der Waals surface area contributed by atoms with E-state index in [9.17, 15) is 19.8 Å². The van der Waals surface area contributed by atoms with E-state index in [0.717, 1.165) is 5.56 Å². The molecule has 1 amide bonds. The Morgan fingerprint density at radius 2 is 1.70 bits per heavy atom. The first-order valence-electron chi connectivity index (χ1n) is 11.8. The zero-order chi connectivity index (χ0) is 26.9. The van der Waals surface area contributed by atoms with Gasteiger partial charge in [-0.15, -0.1) is 0 Å². The second kappa shape index (κ2) is 10.6. The van der Waals surface area contributed by atoms with Gasteiger partial charge < -0.3 is 19.7 Å². The van der Waals surface area contributed by atoms with Crippen LogP contribution in [0.5, 0.6) is 17.2 Å². The van der Waals surface area contributed by atoms with Gasteiger partial charge in [-0.1, -0.05) is 37.6 Å². The molecule has 1 fully saturated rings. The summed E-state index contributed by atoms with van der Waals surface area (Å²) in [6.07, 6.45) is 0. The smallest absolute Gasteiger partial charge is 0.300 e. The monoisotopic (exact) mass is 521 g/mol. The van der Waals surface area contributed by atoms with Crippen LogP contribution in [0.2, 0.25) is 5.02 Å². The number of benzene rings is 3. The van der Waals surface area contributed by atoms with Gasteiger partial charge in [-0.05, 0) is 72.5 Å². The Labute approximate surface area is 220 Å². The molecule has 1 aliphatic rings.